The summed E-state index contributed by atoms with van der Waals surface area (Å²) in [6.07, 6.45) is 1.85. The Labute approximate surface area is 102 Å². The van der Waals surface area contributed by atoms with Crippen molar-refractivity contribution >= 4 is 11.0 Å². The summed E-state index contributed by atoms with van der Waals surface area (Å²) in [6.45, 7) is 4.84. The van der Waals surface area contributed by atoms with Crippen molar-refractivity contribution in [1.82, 2.24) is 0 Å². The molecule has 1 aromatic heterocycles. The number of benzene rings is 1. The van der Waals surface area contributed by atoms with Crippen molar-refractivity contribution < 1.29 is 9.15 Å². The first kappa shape index (κ1) is 12.0. The van der Waals surface area contributed by atoms with Gasteiger partial charge in [0.2, 0.25) is 0 Å². The molecule has 0 aliphatic rings. The molecule has 0 saturated heterocycles. The molecule has 0 aliphatic carbocycles. The highest BCUT2D eigenvalue weighted by Gasteiger charge is 2.13. The van der Waals surface area contributed by atoms with Crippen LogP contribution in [0.5, 0.6) is 5.75 Å². The number of rotatable bonds is 5. The highest BCUT2D eigenvalue weighted by molar-refractivity contribution is 5.83. The largest absolute Gasteiger partial charge is 0.490 e. The van der Waals surface area contributed by atoms with E-state index >= 15 is 0 Å². The van der Waals surface area contributed by atoms with E-state index in [4.69, 9.17) is 14.9 Å². The summed E-state index contributed by atoms with van der Waals surface area (Å²) < 4.78 is 11.5. The first-order chi connectivity index (χ1) is 8.26. The molecule has 0 bridgehead atoms. The summed E-state index contributed by atoms with van der Waals surface area (Å²) in [6, 6.07) is 7.89. The third kappa shape index (κ3) is 2.44. The van der Waals surface area contributed by atoms with E-state index in [1.165, 1.54) is 0 Å². The third-order valence-corrected chi connectivity index (χ3v) is 2.79. The second-order valence-corrected chi connectivity index (χ2v) is 4.19. The molecule has 1 heterocycles. The van der Waals surface area contributed by atoms with E-state index in [0.29, 0.717) is 6.61 Å². The lowest BCUT2D eigenvalue weighted by Crippen LogP contribution is -2.06. The predicted octanol–water partition coefficient (Wildman–Crippen LogP) is 3.63. The lowest BCUT2D eigenvalue weighted by Gasteiger charge is -2.05. The van der Waals surface area contributed by atoms with Crippen molar-refractivity contribution in [1.29, 1.82) is 0 Å². The van der Waals surface area contributed by atoms with Gasteiger partial charge in [-0.05, 0) is 25.0 Å². The Bertz CT molecular complexity index is 490. The van der Waals surface area contributed by atoms with E-state index in [9.17, 15) is 0 Å². The molecule has 1 aromatic carbocycles. The molecule has 0 spiro atoms. The van der Waals surface area contributed by atoms with Gasteiger partial charge in [0, 0.05) is 5.39 Å². The van der Waals surface area contributed by atoms with Crippen molar-refractivity contribution in [3.63, 3.8) is 0 Å². The van der Waals surface area contributed by atoms with Gasteiger partial charge in [0.25, 0.3) is 0 Å². The summed E-state index contributed by atoms with van der Waals surface area (Å²) in [7, 11) is 0. The molecule has 92 valence electrons. The molecule has 2 aromatic rings. The molecule has 0 saturated carbocycles. The van der Waals surface area contributed by atoms with Crippen LogP contribution in [0.2, 0.25) is 0 Å². The Kier molecular flexibility index (Phi) is 3.69. The lowest BCUT2D eigenvalue weighted by atomic mass is 10.1. The molecular weight excluding hydrogens is 214 g/mol. The maximum atomic E-state index is 5.97. The molecule has 0 amide bonds. The summed E-state index contributed by atoms with van der Waals surface area (Å²) in [5, 5.41) is 1.05. The second-order valence-electron chi connectivity index (χ2n) is 4.19. The zero-order valence-electron chi connectivity index (χ0n) is 10.4. The fourth-order valence-electron chi connectivity index (χ4n) is 1.77. The van der Waals surface area contributed by atoms with Crippen LogP contribution in [0.25, 0.3) is 11.0 Å². The van der Waals surface area contributed by atoms with Gasteiger partial charge in [0.15, 0.2) is 11.3 Å². The lowest BCUT2D eigenvalue weighted by molar-refractivity contribution is 0.315. The van der Waals surface area contributed by atoms with Gasteiger partial charge in [0.05, 0.1) is 12.6 Å². The van der Waals surface area contributed by atoms with Crippen LogP contribution in [0.15, 0.2) is 28.7 Å². The number of fused-ring (bicyclic) bond motifs is 1. The Morgan fingerprint density at radius 1 is 1.35 bits per heavy atom. The zero-order chi connectivity index (χ0) is 12.3. The minimum Gasteiger partial charge on any atom is -0.490 e. The van der Waals surface area contributed by atoms with Crippen LogP contribution in [0.4, 0.5) is 0 Å². The Hall–Kier alpha value is -1.48. The second kappa shape index (κ2) is 5.23. The van der Waals surface area contributed by atoms with E-state index in [-0.39, 0.29) is 6.04 Å². The molecular formula is C14H19NO2. The van der Waals surface area contributed by atoms with E-state index in [1.54, 1.807) is 0 Å². The minimum absolute atomic E-state index is 0.0403. The van der Waals surface area contributed by atoms with Gasteiger partial charge < -0.3 is 14.9 Å². The zero-order valence-corrected chi connectivity index (χ0v) is 10.4. The summed E-state index contributed by atoms with van der Waals surface area (Å²) in [5.74, 6) is 1.63. The van der Waals surface area contributed by atoms with Crippen LogP contribution >= 0.6 is 0 Å². The summed E-state index contributed by atoms with van der Waals surface area (Å²) in [5.41, 5.74) is 6.78. The highest BCUT2D eigenvalue weighted by Crippen LogP contribution is 2.31. The van der Waals surface area contributed by atoms with Gasteiger partial charge in [-0.2, -0.15) is 0 Å². The number of ether oxygens (including phenoxy) is 1. The van der Waals surface area contributed by atoms with Gasteiger partial charge in [-0.1, -0.05) is 26.0 Å². The molecule has 2 N–H and O–H groups in total. The normalized spacial score (nSPS) is 12.9. The quantitative estimate of drug-likeness (QED) is 0.857. The van der Waals surface area contributed by atoms with Crippen LogP contribution in [0.1, 0.15) is 38.5 Å². The predicted molar refractivity (Wildman–Crippen MR) is 69.2 cm³/mol. The van der Waals surface area contributed by atoms with E-state index in [0.717, 1.165) is 35.3 Å². The number of hydrogen-bond donors (Lipinski definition) is 1. The van der Waals surface area contributed by atoms with Gasteiger partial charge in [-0.25, -0.2) is 0 Å². The Morgan fingerprint density at radius 3 is 2.88 bits per heavy atom. The smallest absolute Gasteiger partial charge is 0.176 e. The standard InChI is InChI=1S/C14H19NO2/c1-3-8-16-12-7-5-6-10-9-13(11(15)4-2)17-14(10)12/h5-7,9,11H,3-4,8,15H2,1-2H3. The van der Waals surface area contributed by atoms with Crippen molar-refractivity contribution in [2.45, 2.75) is 32.7 Å². The van der Waals surface area contributed by atoms with Crippen molar-refractivity contribution in [2.75, 3.05) is 6.61 Å². The third-order valence-electron chi connectivity index (χ3n) is 2.79. The van der Waals surface area contributed by atoms with Crippen LogP contribution in [0, 0.1) is 0 Å². The Balaban J connectivity index is 2.38. The van der Waals surface area contributed by atoms with Crippen molar-refractivity contribution in [3.05, 3.63) is 30.0 Å². The molecule has 1 unspecified atom stereocenters. The molecule has 1 atom stereocenters. The molecule has 3 nitrogen and oxygen atoms in total. The maximum absolute atomic E-state index is 5.97. The van der Waals surface area contributed by atoms with Gasteiger partial charge in [-0.15, -0.1) is 0 Å². The van der Waals surface area contributed by atoms with E-state index < -0.39 is 0 Å². The number of hydrogen-bond acceptors (Lipinski definition) is 3. The monoisotopic (exact) mass is 233 g/mol. The van der Waals surface area contributed by atoms with Gasteiger partial charge in [0.1, 0.15) is 5.76 Å². The van der Waals surface area contributed by atoms with E-state index in [2.05, 4.69) is 6.92 Å². The molecule has 2 rings (SSSR count). The first-order valence-corrected chi connectivity index (χ1v) is 6.17. The molecule has 0 aliphatic heterocycles. The highest BCUT2D eigenvalue weighted by atomic mass is 16.5. The first-order valence-electron chi connectivity index (χ1n) is 6.17. The molecule has 0 fully saturated rings. The molecule has 3 heteroatoms. The fourth-order valence-corrected chi connectivity index (χ4v) is 1.77. The van der Waals surface area contributed by atoms with Crippen LogP contribution in [-0.4, -0.2) is 6.61 Å². The number of nitrogens with two attached hydrogens (primary N) is 1. The Morgan fingerprint density at radius 2 is 2.18 bits per heavy atom. The summed E-state index contributed by atoms with van der Waals surface area (Å²) in [4.78, 5) is 0. The average Bonchev–Trinajstić information content (AvgIpc) is 2.79. The minimum atomic E-state index is -0.0403. The number of para-hydroxylation sites is 1. The van der Waals surface area contributed by atoms with Crippen LogP contribution < -0.4 is 10.5 Å². The molecule has 0 radical (unpaired) electrons. The van der Waals surface area contributed by atoms with Crippen molar-refractivity contribution in [3.8, 4) is 5.75 Å². The maximum Gasteiger partial charge on any atom is 0.176 e. The van der Waals surface area contributed by atoms with Crippen molar-refractivity contribution in [2.24, 2.45) is 5.73 Å². The number of furan rings is 1. The van der Waals surface area contributed by atoms with Crippen LogP contribution in [0.3, 0.4) is 0 Å². The fraction of sp³-hybridized carbons (Fsp3) is 0.429. The SMILES string of the molecule is CCCOc1cccc2cc(C(N)CC)oc12. The molecule has 17 heavy (non-hydrogen) atoms. The van der Waals surface area contributed by atoms with Gasteiger partial charge >= 0.3 is 0 Å². The average molecular weight is 233 g/mol. The summed E-state index contributed by atoms with van der Waals surface area (Å²) >= 11 is 0. The van der Waals surface area contributed by atoms with E-state index in [1.807, 2.05) is 31.2 Å². The topological polar surface area (TPSA) is 48.4 Å². The van der Waals surface area contributed by atoms with Gasteiger partial charge in [-0.3, -0.25) is 0 Å². The van der Waals surface area contributed by atoms with Crippen LogP contribution in [-0.2, 0) is 0 Å².